The molecule has 18 heavy (non-hydrogen) atoms. The smallest absolute Gasteiger partial charge is 0.225 e. The van der Waals surface area contributed by atoms with Crippen LogP contribution in [0.3, 0.4) is 0 Å². The molecule has 3 atom stereocenters. The van der Waals surface area contributed by atoms with Gasteiger partial charge >= 0.3 is 0 Å². The maximum atomic E-state index is 12.6. The summed E-state index contributed by atoms with van der Waals surface area (Å²) in [5.41, 5.74) is 6.15. The van der Waals surface area contributed by atoms with Gasteiger partial charge in [0.25, 0.3) is 0 Å². The lowest BCUT2D eigenvalue weighted by molar-refractivity contribution is -0.135. The lowest BCUT2D eigenvalue weighted by atomic mass is 9.98. The maximum Gasteiger partial charge on any atom is 0.225 e. The molecule has 3 heteroatoms. The van der Waals surface area contributed by atoms with Gasteiger partial charge in [0.15, 0.2) is 0 Å². The molecule has 2 saturated carbocycles. The van der Waals surface area contributed by atoms with Crippen LogP contribution in [0.5, 0.6) is 0 Å². The molecule has 1 amide bonds. The zero-order valence-corrected chi connectivity index (χ0v) is 11.3. The quantitative estimate of drug-likeness (QED) is 0.725. The van der Waals surface area contributed by atoms with Gasteiger partial charge in [-0.15, -0.1) is 0 Å². The van der Waals surface area contributed by atoms with Gasteiger partial charge in [-0.25, -0.2) is 0 Å². The first kappa shape index (κ1) is 12.5. The molecule has 1 aliphatic heterocycles. The summed E-state index contributed by atoms with van der Waals surface area (Å²) in [5, 5.41) is 0. The van der Waals surface area contributed by atoms with Crippen molar-refractivity contribution in [2.75, 3.05) is 13.1 Å². The number of nitrogens with zero attached hydrogens (tertiary/aromatic N) is 1. The Kier molecular flexibility index (Phi) is 3.60. The molecule has 0 radical (unpaired) electrons. The van der Waals surface area contributed by atoms with E-state index in [9.17, 15) is 4.79 Å². The van der Waals surface area contributed by atoms with Crippen molar-refractivity contribution in [3.63, 3.8) is 0 Å². The Morgan fingerprint density at radius 2 is 1.67 bits per heavy atom. The third-order valence-corrected chi connectivity index (χ3v) is 5.43. The average molecular weight is 250 g/mol. The highest BCUT2D eigenvalue weighted by molar-refractivity contribution is 5.79. The number of rotatable bonds is 1. The summed E-state index contributed by atoms with van der Waals surface area (Å²) < 4.78 is 0. The minimum Gasteiger partial charge on any atom is -0.342 e. The van der Waals surface area contributed by atoms with Crippen LogP contribution in [-0.4, -0.2) is 29.9 Å². The number of carbonyl (C=O) groups excluding carboxylic acids is 1. The van der Waals surface area contributed by atoms with E-state index in [1.54, 1.807) is 0 Å². The van der Waals surface area contributed by atoms with Crippen molar-refractivity contribution >= 4 is 5.91 Å². The monoisotopic (exact) mass is 250 g/mol. The van der Waals surface area contributed by atoms with Crippen LogP contribution in [-0.2, 0) is 4.79 Å². The second kappa shape index (κ2) is 5.20. The van der Waals surface area contributed by atoms with Crippen molar-refractivity contribution in [1.82, 2.24) is 4.90 Å². The standard InChI is InChI=1S/C15H26N2O/c16-14-8-7-12-9-17(10-13(12)14)15(18)11-5-3-1-2-4-6-11/h11-14H,1-10,16H2. The molecule has 1 heterocycles. The van der Waals surface area contributed by atoms with Crippen LogP contribution >= 0.6 is 0 Å². The van der Waals surface area contributed by atoms with E-state index >= 15 is 0 Å². The van der Waals surface area contributed by atoms with E-state index in [2.05, 4.69) is 4.90 Å². The van der Waals surface area contributed by atoms with Crippen LogP contribution in [0.1, 0.15) is 51.4 Å². The van der Waals surface area contributed by atoms with Crippen LogP contribution in [0, 0.1) is 17.8 Å². The number of hydrogen-bond donors (Lipinski definition) is 1. The van der Waals surface area contributed by atoms with Crippen molar-refractivity contribution in [2.45, 2.75) is 57.4 Å². The highest BCUT2D eigenvalue weighted by Crippen LogP contribution is 2.38. The molecular weight excluding hydrogens is 224 g/mol. The van der Waals surface area contributed by atoms with Crippen molar-refractivity contribution in [3.8, 4) is 0 Å². The molecule has 0 bridgehead atoms. The van der Waals surface area contributed by atoms with E-state index in [-0.39, 0.29) is 0 Å². The molecule has 0 aromatic carbocycles. The van der Waals surface area contributed by atoms with Crippen LogP contribution < -0.4 is 5.73 Å². The summed E-state index contributed by atoms with van der Waals surface area (Å²) in [5.74, 6) is 2.07. The van der Waals surface area contributed by atoms with Crippen LogP contribution in [0.4, 0.5) is 0 Å². The van der Waals surface area contributed by atoms with Crippen LogP contribution in [0.2, 0.25) is 0 Å². The summed E-state index contributed by atoms with van der Waals surface area (Å²) >= 11 is 0. The molecule has 1 saturated heterocycles. The number of carbonyl (C=O) groups is 1. The van der Waals surface area contributed by atoms with Gasteiger partial charge in [-0.2, -0.15) is 0 Å². The van der Waals surface area contributed by atoms with Gasteiger partial charge in [0.05, 0.1) is 0 Å². The molecule has 3 unspecified atom stereocenters. The number of nitrogens with two attached hydrogens (primary N) is 1. The zero-order chi connectivity index (χ0) is 12.5. The van der Waals surface area contributed by atoms with E-state index in [0.29, 0.717) is 29.7 Å². The molecule has 102 valence electrons. The first-order valence-electron chi connectivity index (χ1n) is 7.80. The summed E-state index contributed by atoms with van der Waals surface area (Å²) in [6.07, 6.45) is 9.78. The van der Waals surface area contributed by atoms with Crippen molar-refractivity contribution in [1.29, 1.82) is 0 Å². The zero-order valence-electron chi connectivity index (χ0n) is 11.3. The summed E-state index contributed by atoms with van der Waals surface area (Å²) in [6, 6.07) is 0.349. The SMILES string of the molecule is NC1CCC2CN(C(=O)C3CCCCCC3)CC12. The Balaban J connectivity index is 1.60. The molecular formula is C15H26N2O. The first-order chi connectivity index (χ1) is 8.75. The molecule has 0 spiro atoms. The molecule has 2 N–H and O–H groups in total. The van der Waals surface area contributed by atoms with Crippen molar-refractivity contribution in [3.05, 3.63) is 0 Å². The molecule has 3 aliphatic rings. The van der Waals surface area contributed by atoms with Gasteiger partial charge in [-0.3, -0.25) is 4.79 Å². The van der Waals surface area contributed by atoms with Gasteiger partial charge in [-0.1, -0.05) is 25.7 Å². The number of hydrogen-bond acceptors (Lipinski definition) is 2. The Hall–Kier alpha value is -0.570. The maximum absolute atomic E-state index is 12.6. The topological polar surface area (TPSA) is 46.3 Å². The molecule has 3 fully saturated rings. The fraction of sp³-hybridized carbons (Fsp3) is 0.933. The van der Waals surface area contributed by atoms with Gasteiger partial charge < -0.3 is 10.6 Å². The Morgan fingerprint density at radius 1 is 0.944 bits per heavy atom. The van der Waals surface area contributed by atoms with E-state index < -0.39 is 0 Å². The van der Waals surface area contributed by atoms with Crippen molar-refractivity contribution < 1.29 is 4.79 Å². The largest absolute Gasteiger partial charge is 0.342 e. The van der Waals surface area contributed by atoms with E-state index in [1.807, 2.05) is 0 Å². The van der Waals surface area contributed by atoms with Crippen LogP contribution in [0.15, 0.2) is 0 Å². The van der Waals surface area contributed by atoms with Gasteiger partial charge in [0, 0.05) is 25.0 Å². The average Bonchev–Trinajstić information content (AvgIpc) is 2.81. The Bertz CT molecular complexity index is 310. The summed E-state index contributed by atoms with van der Waals surface area (Å²) in [6.45, 7) is 1.94. The fourth-order valence-corrected chi connectivity index (χ4v) is 4.27. The number of likely N-dealkylation sites (tertiary alicyclic amines) is 1. The predicted molar refractivity (Wildman–Crippen MR) is 72.0 cm³/mol. The number of fused-ring (bicyclic) bond motifs is 1. The lowest BCUT2D eigenvalue weighted by Crippen LogP contribution is -2.37. The fourth-order valence-electron chi connectivity index (χ4n) is 4.27. The van der Waals surface area contributed by atoms with Crippen molar-refractivity contribution in [2.24, 2.45) is 23.5 Å². The van der Waals surface area contributed by atoms with Gasteiger partial charge in [0.2, 0.25) is 5.91 Å². The minimum atomic E-state index is 0.322. The first-order valence-corrected chi connectivity index (χ1v) is 7.80. The Labute approximate surface area is 110 Å². The third kappa shape index (κ3) is 2.29. The van der Waals surface area contributed by atoms with Gasteiger partial charge in [0.1, 0.15) is 0 Å². The predicted octanol–water partition coefficient (Wildman–Crippen LogP) is 2.15. The molecule has 2 aliphatic carbocycles. The highest BCUT2D eigenvalue weighted by Gasteiger charge is 2.43. The lowest BCUT2D eigenvalue weighted by Gasteiger charge is -2.24. The van der Waals surface area contributed by atoms with E-state index in [1.165, 1.54) is 38.5 Å². The highest BCUT2D eigenvalue weighted by atomic mass is 16.2. The Morgan fingerprint density at radius 3 is 2.33 bits per heavy atom. The molecule has 3 rings (SSSR count). The summed E-state index contributed by atoms with van der Waals surface area (Å²) in [4.78, 5) is 14.7. The van der Waals surface area contributed by atoms with E-state index in [4.69, 9.17) is 5.73 Å². The second-order valence-electron chi connectivity index (χ2n) is 6.60. The van der Waals surface area contributed by atoms with Gasteiger partial charge in [-0.05, 0) is 37.5 Å². The molecule has 0 aromatic rings. The third-order valence-electron chi connectivity index (χ3n) is 5.43. The summed E-state index contributed by atoms with van der Waals surface area (Å²) in [7, 11) is 0. The normalized spacial score (nSPS) is 37.6. The second-order valence-corrected chi connectivity index (χ2v) is 6.60. The minimum absolute atomic E-state index is 0.322. The molecule has 0 aromatic heterocycles. The van der Waals surface area contributed by atoms with Crippen LogP contribution in [0.25, 0.3) is 0 Å². The number of amides is 1. The van der Waals surface area contributed by atoms with E-state index in [0.717, 1.165) is 25.9 Å². The molecule has 3 nitrogen and oxygen atoms in total.